The van der Waals surface area contributed by atoms with Crippen LogP contribution >= 0.6 is 23.1 Å². The van der Waals surface area contributed by atoms with Crippen molar-refractivity contribution in [3.63, 3.8) is 0 Å². The quantitative estimate of drug-likeness (QED) is 0.680. The molecule has 0 spiro atoms. The van der Waals surface area contributed by atoms with Crippen LogP contribution in [0.15, 0.2) is 34.7 Å². The molecule has 0 bridgehead atoms. The summed E-state index contributed by atoms with van der Waals surface area (Å²) in [5, 5.41) is 4.88. The van der Waals surface area contributed by atoms with Crippen molar-refractivity contribution in [3.8, 4) is 0 Å². The van der Waals surface area contributed by atoms with Crippen LogP contribution < -0.4 is 5.32 Å². The van der Waals surface area contributed by atoms with E-state index in [0.717, 1.165) is 11.8 Å². The first kappa shape index (κ1) is 14.7. The Balaban J connectivity index is 1.93. The third kappa shape index (κ3) is 3.88. The summed E-state index contributed by atoms with van der Waals surface area (Å²) in [6, 6.07) is 4.24. The number of nitrogens with zero attached hydrogens (tertiary/aromatic N) is 1. The Morgan fingerprint density at radius 1 is 1.45 bits per heavy atom. The van der Waals surface area contributed by atoms with E-state index in [2.05, 4.69) is 10.3 Å². The van der Waals surface area contributed by atoms with Crippen LogP contribution in [-0.2, 0) is 4.79 Å². The summed E-state index contributed by atoms with van der Waals surface area (Å²) in [5.74, 6) is -0.859. The molecule has 0 saturated carbocycles. The number of aromatic nitrogens is 1. The lowest BCUT2D eigenvalue weighted by molar-refractivity contribution is -0.113. The van der Waals surface area contributed by atoms with Crippen LogP contribution in [0.3, 0.4) is 0 Å². The maximum atomic E-state index is 13.7. The fraction of sp³-hybridized carbons (Fsp3) is 0.154. The highest BCUT2D eigenvalue weighted by molar-refractivity contribution is 8.00. The van der Waals surface area contributed by atoms with Crippen molar-refractivity contribution in [1.82, 2.24) is 4.98 Å². The summed E-state index contributed by atoms with van der Waals surface area (Å²) in [6.45, 7) is 1.38. The third-order valence-corrected chi connectivity index (χ3v) is 4.11. The van der Waals surface area contributed by atoms with Gasteiger partial charge in [-0.25, -0.2) is 9.37 Å². The minimum absolute atomic E-state index is 0.0793. The molecule has 1 aromatic heterocycles. The summed E-state index contributed by atoms with van der Waals surface area (Å²) in [5.41, 5.74) is 0.319. The zero-order valence-corrected chi connectivity index (χ0v) is 12.2. The molecular formula is C13H11FN2O2S2. The number of hydrogen-bond acceptors (Lipinski definition) is 5. The standard InChI is InChI=1S/C13H11FN2O2S2/c1-8(17)9-2-3-11(10(14)6-9)20-7-12(18)16-13-15-4-5-19-13/h2-6H,7H2,1H3,(H,15,16,18). The Labute approximate surface area is 123 Å². The molecule has 1 aromatic carbocycles. The van der Waals surface area contributed by atoms with E-state index in [9.17, 15) is 14.0 Å². The van der Waals surface area contributed by atoms with Gasteiger partial charge in [-0.3, -0.25) is 9.59 Å². The third-order valence-electron chi connectivity index (χ3n) is 2.38. The molecule has 2 rings (SSSR count). The Morgan fingerprint density at radius 2 is 2.25 bits per heavy atom. The monoisotopic (exact) mass is 310 g/mol. The molecule has 0 aliphatic rings. The van der Waals surface area contributed by atoms with Crippen molar-refractivity contribution in [2.75, 3.05) is 11.1 Å². The predicted octanol–water partition coefficient (Wildman–Crippen LogP) is 3.22. The number of benzene rings is 1. The van der Waals surface area contributed by atoms with E-state index >= 15 is 0 Å². The van der Waals surface area contributed by atoms with E-state index in [1.54, 1.807) is 17.6 Å². The van der Waals surface area contributed by atoms with E-state index in [1.807, 2.05) is 0 Å². The highest BCUT2D eigenvalue weighted by atomic mass is 32.2. The van der Waals surface area contributed by atoms with Crippen LogP contribution in [0.5, 0.6) is 0 Å². The largest absolute Gasteiger partial charge is 0.301 e. The maximum absolute atomic E-state index is 13.7. The number of thiazole rings is 1. The van der Waals surface area contributed by atoms with Crippen LogP contribution in [0.2, 0.25) is 0 Å². The van der Waals surface area contributed by atoms with Gasteiger partial charge in [0.1, 0.15) is 5.82 Å². The predicted molar refractivity (Wildman–Crippen MR) is 77.9 cm³/mol. The summed E-state index contributed by atoms with van der Waals surface area (Å²) < 4.78 is 13.7. The number of anilines is 1. The molecule has 1 N–H and O–H groups in total. The minimum atomic E-state index is -0.496. The average molecular weight is 310 g/mol. The highest BCUT2D eigenvalue weighted by Gasteiger charge is 2.10. The molecule has 0 unspecified atom stereocenters. The van der Waals surface area contributed by atoms with Gasteiger partial charge in [-0.05, 0) is 19.1 Å². The van der Waals surface area contributed by atoms with Crippen molar-refractivity contribution in [2.45, 2.75) is 11.8 Å². The Morgan fingerprint density at radius 3 is 2.85 bits per heavy atom. The summed E-state index contributed by atoms with van der Waals surface area (Å²) in [7, 11) is 0. The van der Waals surface area contributed by atoms with Crippen LogP contribution in [0.25, 0.3) is 0 Å². The molecule has 4 nitrogen and oxygen atoms in total. The van der Waals surface area contributed by atoms with E-state index in [-0.39, 0.29) is 17.4 Å². The van der Waals surface area contributed by atoms with E-state index in [0.29, 0.717) is 15.6 Å². The van der Waals surface area contributed by atoms with E-state index in [1.165, 1.54) is 30.4 Å². The van der Waals surface area contributed by atoms with Crippen LogP contribution in [0.1, 0.15) is 17.3 Å². The number of rotatable bonds is 5. The topological polar surface area (TPSA) is 59.1 Å². The lowest BCUT2D eigenvalue weighted by atomic mass is 10.1. The van der Waals surface area contributed by atoms with Crippen molar-refractivity contribution in [2.24, 2.45) is 0 Å². The zero-order chi connectivity index (χ0) is 14.5. The van der Waals surface area contributed by atoms with Gasteiger partial charge in [-0.15, -0.1) is 23.1 Å². The number of halogens is 1. The SMILES string of the molecule is CC(=O)c1ccc(SCC(=O)Nc2nccs2)c(F)c1. The lowest BCUT2D eigenvalue weighted by Gasteiger charge is -2.04. The number of hydrogen-bond donors (Lipinski definition) is 1. The highest BCUT2D eigenvalue weighted by Crippen LogP contribution is 2.23. The number of thioether (sulfide) groups is 1. The smallest absolute Gasteiger partial charge is 0.236 e. The zero-order valence-electron chi connectivity index (χ0n) is 10.6. The van der Waals surface area contributed by atoms with Gasteiger partial charge < -0.3 is 5.32 Å². The normalized spacial score (nSPS) is 10.3. The second-order valence-electron chi connectivity index (χ2n) is 3.88. The number of Topliss-reactive ketones (excluding diaryl/α,β-unsaturated/α-hetero) is 1. The molecule has 7 heteroatoms. The van der Waals surface area contributed by atoms with Crippen molar-refractivity contribution >= 4 is 39.9 Å². The molecule has 104 valence electrons. The second-order valence-corrected chi connectivity index (χ2v) is 5.79. The fourth-order valence-electron chi connectivity index (χ4n) is 1.42. The number of ketones is 1. The molecule has 0 aliphatic heterocycles. The molecule has 0 atom stereocenters. The van der Waals surface area contributed by atoms with Gasteiger partial charge in [0.05, 0.1) is 5.75 Å². The maximum Gasteiger partial charge on any atom is 0.236 e. The molecule has 0 radical (unpaired) electrons. The summed E-state index contributed by atoms with van der Waals surface area (Å²) in [6.07, 6.45) is 1.59. The number of nitrogens with one attached hydrogen (secondary N) is 1. The summed E-state index contributed by atoms with van der Waals surface area (Å²) >= 11 is 2.39. The minimum Gasteiger partial charge on any atom is -0.301 e. The van der Waals surface area contributed by atoms with Crippen LogP contribution in [0, 0.1) is 5.82 Å². The van der Waals surface area contributed by atoms with Gasteiger partial charge in [0.25, 0.3) is 0 Å². The molecule has 0 fully saturated rings. The van der Waals surface area contributed by atoms with Gasteiger partial charge in [-0.1, -0.05) is 6.07 Å². The van der Waals surface area contributed by atoms with E-state index < -0.39 is 5.82 Å². The average Bonchev–Trinajstić information content (AvgIpc) is 2.90. The fourth-order valence-corrected chi connectivity index (χ4v) is 2.69. The Bertz CT molecular complexity index is 629. The van der Waals surface area contributed by atoms with E-state index in [4.69, 9.17) is 0 Å². The first-order valence-electron chi connectivity index (χ1n) is 5.69. The molecule has 0 aliphatic carbocycles. The Hall–Kier alpha value is -1.73. The molecular weight excluding hydrogens is 299 g/mol. The van der Waals surface area contributed by atoms with Gasteiger partial charge in [0, 0.05) is 22.0 Å². The van der Waals surface area contributed by atoms with Crippen LogP contribution in [0.4, 0.5) is 9.52 Å². The first-order chi connectivity index (χ1) is 9.56. The number of amides is 1. The Kier molecular flexibility index (Phi) is 4.86. The van der Waals surface area contributed by atoms with Crippen molar-refractivity contribution < 1.29 is 14.0 Å². The number of carbonyl (C=O) groups excluding carboxylic acids is 2. The number of carbonyl (C=O) groups is 2. The van der Waals surface area contributed by atoms with Gasteiger partial charge >= 0.3 is 0 Å². The van der Waals surface area contributed by atoms with Crippen LogP contribution in [-0.4, -0.2) is 22.4 Å². The molecule has 1 heterocycles. The van der Waals surface area contributed by atoms with Crippen molar-refractivity contribution in [3.05, 3.63) is 41.2 Å². The first-order valence-corrected chi connectivity index (χ1v) is 7.55. The molecule has 2 aromatic rings. The summed E-state index contributed by atoms with van der Waals surface area (Å²) in [4.78, 5) is 27.0. The molecule has 1 amide bonds. The van der Waals surface area contributed by atoms with Gasteiger partial charge in [0.15, 0.2) is 10.9 Å². The lowest BCUT2D eigenvalue weighted by Crippen LogP contribution is -2.13. The van der Waals surface area contributed by atoms with Gasteiger partial charge in [-0.2, -0.15) is 0 Å². The molecule has 0 saturated heterocycles. The molecule has 20 heavy (non-hydrogen) atoms. The van der Waals surface area contributed by atoms with Crippen molar-refractivity contribution in [1.29, 1.82) is 0 Å². The van der Waals surface area contributed by atoms with Gasteiger partial charge in [0.2, 0.25) is 5.91 Å². The second kappa shape index (κ2) is 6.62.